The van der Waals surface area contributed by atoms with Crippen LogP contribution in [0.2, 0.25) is 0 Å². The number of alkyl halides is 3. The highest BCUT2D eigenvalue weighted by Crippen LogP contribution is 2.37. The molecule has 1 aromatic rings. The van der Waals surface area contributed by atoms with E-state index in [1.54, 1.807) is 6.08 Å². The molecule has 4 nitrogen and oxygen atoms in total. The Hall–Kier alpha value is -1.57. The van der Waals surface area contributed by atoms with Crippen LogP contribution >= 0.6 is 0 Å². The quantitative estimate of drug-likeness (QED) is 0.310. The second kappa shape index (κ2) is 12.5. The summed E-state index contributed by atoms with van der Waals surface area (Å²) in [4.78, 5) is 0. The molecule has 0 bridgehead atoms. The summed E-state index contributed by atoms with van der Waals surface area (Å²) < 4.78 is 43.6. The van der Waals surface area contributed by atoms with E-state index in [1.165, 1.54) is 43.9 Å². The number of halogens is 3. The van der Waals surface area contributed by atoms with Crippen molar-refractivity contribution in [3.05, 3.63) is 42.0 Å². The van der Waals surface area contributed by atoms with E-state index in [9.17, 15) is 28.5 Å². The van der Waals surface area contributed by atoms with E-state index in [1.807, 2.05) is 0 Å². The second-order valence-electron chi connectivity index (χ2n) is 8.46. The Balaban J connectivity index is 1.84. The van der Waals surface area contributed by atoms with Crippen molar-refractivity contribution >= 4 is 0 Å². The van der Waals surface area contributed by atoms with Crippen molar-refractivity contribution in [2.45, 2.75) is 82.8 Å². The van der Waals surface area contributed by atoms with Crippen LogP contribution in [0.3, 0.4) is 0 Å². The van der Waals surface area contributed by atoms with Gasteiger partial charge < -0.3 is 20.1 Å². The largest absolute Gasteiger partial charge is 0.491 e. The van der Waals surface area contributed by atoms with Gasteiger partial charge in [-0.15, -0.1) is 0 Å². The first-order valence-electron chi connectivity index (χ1n) is 11.2. The molecule has 0 aromatic heterocycles. The predicted molar refractivity (Wildman–Crippen MR) is 114 cm³/mol. The molecule has 1 aliphatic rings. The van der Waals surface area contributed by atoms with Gasteiger partial charge in [-0.25, -0.2) is 0 Å². The number of aliphatic hydroxyl groups excluding tert-OH is 3. The van der Waals surface area contributed by atoms with Gasteiger partial charge in [-0.2, -0.15) is 13.2 Å². The van der Waals surface area contributed by atoms with E-state index < -0.39 is 30.1 Å². The van der Waals surface area contributed by atoms with Crippen LogP contribution < -0.4 is 4.74 Å². The molecule has 1 fully saturated rings. The maximum atomic E-state index is 12.8. The van der Waals surface area contributed by atoms with Crippen molar-refractivity contribution in [2.75, 3.05) is 6.61 Å². The molecule has 0 radical (unpaired) electrons. The summed E-state index contributed by atoms with van der Waals surface area (Å²) in [6, 6.07) is 4.51. The van der Waals surface area contributed by atoms with Gasteiger partial charge in [0, 0.05) is 12.3 Å². The van der Waals surface area contributed by atoms with Crippen LogP contribution in [0.25, 0.3) is 0 Å². The minimum Gasteiger partial charge on any atom is -0.491 e. The highest BCUT2D eigenvalue weighted by Gasteiger charge is 2.39. The molecule has 1 aromatic carbocycles. The lowest BCUT2D eigenvalue weighted by Gasteiger charge is -2.21. The number of rotatable bonds is 12. The summed E-state index contributed by atoms with van der Waals surface area (Å²) in [5.41, 5.74) is -0.810. The SMILES string of the molecule is CCCCCCCCC1C(O)CC(O)C1C=CC(O)COc1cccc(C(F)(F)F)c1. The number of aliphatic hydroxyl groups is 3. The van der Waals surface area contributed by atoms with E-state index in [2.05, 4.69) is 6.92 Å². The van der Waals surface area contributed by atoms with Crippen molar-refractivity contribution in [3.63, 3.8) is 0 Å². The van der Waals surface area contributed by atoms with Crippen LogP contribution in [0.4, 0.5) is 13.2 Å². The summed E-state index contributed by atoms with van der Waals surface area (Å²) in [7, 11) is 0. The third-order valence-electron chi connectivity index (χ3n) is 5.94. The zero-order valence-electron chi connectivity index (χ0n) is 18.1. The third-order valence-corrected chi connectivity index (χ3v) is 5.94. The Labute approximate surface area is 182 Å². The molecule has 0 heterocycles. The molecule has 1 aliphatic carbocycles. The van der Waals surface area contributed by atoms with E-state index in [4.69, 9.17) is 4.74 Å². The zero-order chi connectivity index (χ0) is 22.9. The van der Waals surface area contributed by atoms with Crippen LogP contribution in [0, 0.1) is 11.8 Å². The van der Waals surface area contributed by atoms with Gasteiger partial charge in [0.25, 0.3) is 0 Å². The maximum Gasteiger partial charge on any atom is 0.416 e. The van der Waals surface area contributed by atoms with Crippen molar-refractivity contribution in [1.29, 1.82) is 0 Å². The molecule has 1 saturated carbocycles. The summed E-state index contributed by atoms with van der Waals surface area (Å²) in [5.74, 6) is -0.289. The first-order chi connectivity index (χ1) is 14.7. The van der Waals surface area contributed by atoms with Crippen LogP contribution in [0.15, 0.2) is 36.4 Å². The van der Waals surface area contributed by atoms with Crippen LogP contribution in [0.5, 0.6) is 5.75 Å². The van der Waals surface area contributed by atoms with E-state index in [0.29, 0.717) is 6.42 Å². The zero-order valence-corrected chi connectivity index (χ0v) is 18.1. The van der Waals surface area contributed by atoms with Crippen molar-refractivity contribution in [3.8, 4) is 5.75 Å². The lowest BCUT2D eigenvalue weighted by molar-refractivity contribution is -0.137. The number of hydrogen-bond donors (Lipinski definition) is 3. The number of unbranched alkanes of at least 4 members (excludes halogenated alkanes) is 5. The van der Waals surface area contributed by atoms with Crippen molar-refractivity contribution < 1.29 is 33.2 Å². The van der Waals surface area contributed by atoms with Gasteiger partial charge in [-0.05, 0) is 30.5 Å². The summed E-state index contributed by atoms with van der Waals surface area (Å²) >= 11 is 0. The van der Waals surface area contributed by atoms with Crippen LogP contribution in [-0.2, 0) is 6.18 Å². The molecular weight excluding hydrogens is 409 g/mol. The summed E-state index contributed by atoms with van der Waals surface area (Å²) in [6.07, 6.45) is 4.51. The average Bonchev–Trinajstić information content (AvgIpc) is 2.99. The van der Waals surface area contributed by atoms with Crippen molar-refractivity contribution in [2.24, 2.45) is 11.8 Å². The standard InChI is InChI=1S/C24H35F3O4/c1-2-3-4-5-6-7-11-20-21(23(30)15-22(20)29)13-12-18(28)16-31-19-10-8-9-17(14-19)24(25,26)27/h8-10,12-14,18,20-23,28-30H,2-7,11,15-16H2,1H3. The highest BCUT2D eigenvalue weighted by atomic mass is 19.4. The van der Waals surface area contributed by atoms with E-state index in [-0.39, 0.29) is 24.2 Å². The fourth-order valence-corrected chi connectivity index (χ4v) is 4.19. The molecule has 176 valence electrons. The fraction of sp³-hybridized carbons (Fsp3) is 0.667. The van der Waals surface area contributed by atoms with Crippen molar-refractivity contribution in [1.82, 2.24) is 0 Å². The lowest BCUT2D eigenvalue weighted by Crippen LogP contribution is -2.22. The Morgan fingerprint density at radius 1 is 1.10 bits per heavy atom. The number of hydrogen-bond acceptors (Lipinski definition) is 4. The first kappa shape index (κ1) is 25.7. The molecule has 7 heteroatoms. The monoisotopic (exact) mass is 444 g/mol. The summed E-state index contributed by atoms with van der Waals surface area (Å²) in [6.45, 7) is 1.97. The smallest absolute Gasteiger partial charge is 0.416 e. The normalized spacial score (nSPS) is 25.3. The van der Waals surface area contributed by atoms with Gasteiger partial charge >= 0.3 is 6.18 Å². The maximum absolute atomic E-state index is 12.8. The Kier molecular flexibility index (Phi) is 10.3. The van der Waals surface area contributed by atoms with Gasteiger partial charge in [0.1, 0.15) is 18.5 Å². The minimum absolute atomic E-state index is 0.0274. The van der Waals surface area contributed by atoms with Crippen LogP contribution in [-0.4, -0.2) is 40.2 Å². The van der Waals surface area contributed by atoms with Crippen LogP contribution in [0.1, 0.15) is 63.9 Å². The topological polar surface area (TPSA) is 69.9 Å². The average molecular weight is 445 g/mol. The molecule has 2 rings (SSSR count). The Bertz CT molecular complexity index is 677. The van der Waals surface area contributed by atoms with Gasteiger partial charge in [-0.3, -0.25) is 0 Å². The van der Waals surface area contributed by atoms with Gasteiger partial charge in [-0.1, -0.05) is 63.7 Å². The predicted octanol–water partition coefficient (Wildman–Crippen LogP) is 5.11. The minimum atomic E-state index is -4.46. The molecular formula is C24H35F3O4. The van der Waals surface area contributed by atoms with Gasteiger partial charge in [0.15, 0.2) is 0 Å². The Morgan fingerprint density at radius 3 is 2.52 bits per heavy atom. The number of ether oxygens (including phenoxy) is 1. The molecule has 31 heavy (non-hydrogen) atoms. The number of benzene rings is 1. The molecule has 0 spiro atoms. The molecule has 5 atom stereocenters. The van der Waals surface area contributed by atoms with E-state index >= 15 is 0 Å². The fourth-order valence-electron chi connectivity index (χ4n) is 4.19. The highest BCUT2D eigenvalue weighted by molar-refractivity contribution is 5.30. The van der Waals surface area contributed by atoms with Gasteiger partial charge in [0.2, 0.25) is 0 Å². The van der Waals surface area contributed by atoms with Gasteiger partial charge in [0.05, 0.1) is 17.8 Å². The Morgan fingerprint density at radius 2 is 1.81 bits per heavy atom. The first-order valence-corrected chi connectivity index (χ1v) is 11.2. The molecule has 3 N–H and O–H groups in total. The second-order valence-corrected chi connectivity index (χ2v) is 8.46. The summed E-state index contributed by atoms with van der Waals surface area (Å²) in [5, 5.41) is 30.8. The molecule has 0 saturated heterocycles. The molecule has 0 aliphatic heterocycles. The lowest BCUT2D eigenvalue weighted by atomic mass is 9.88. The molecule has 0 amide bonds. The third kappa shape index (κ3) is 8.47. The molecule has 5 unspecified atom stereocenters. The van der Waals surface area contributed by atoms with E-state index in [0.717, 1.165) is 31.4 Å².